The van der Waals surface area contributed by atoms with Gasteiger partial charge in [0, 0.05) is 16.7 Å². The summed E-state index contributed by atoms with van der Waals surface area (Å²) in [7, 11) is 3.92. The van der Waals surface area contributed by atoms with Gasteiger partial charge in [-0.25, -0.2) is 0 Å². The molecule has 0 saturated heterocycles. The highest BCUT2D eigenvalue weighted by Gasteiger charge is 2.31. The molecule has 1 aromatic rings. The average molecular weight is 325 g/mol. The maximum atomic E-state index is 12.6. The van der Waals surface area contributed by atoms with Crippen molar-refractivity contribution in [3.05, 3.63) is 28.2 Å². The topological polar surface area (TPSA) is 15.3 Å². The van der Waals surface area contributed by atoms with Gasteiger partial charge in [0.2, 0.25) is 0 Å². The van der Waals surface area contributed by atoms with Crippen molar-refractivity contribution in [1.29, 1.82) is 0 Å². The van der Waals surface area contributed by atoms with Gasteiger partial charge in [-0.15, -0.1) is 0 Å². The fourth-order valence-corrected chi connectivity index (χ4v) is 1.98. The van der Waals surface area contributed by atoms with Crippen LogP contribution >= 0.6 is 15.9 Å². The fraction of sp³-hybridized carbons (Fsp3) is 0.500. The number of anilines is 1. The Kier molecular flexibility index (Phi) is 5.47. The van der Waals surface area contributed by atoms with Crippen LogP contribution in [0.25, 0.3) is 0 Å². The molecule has 0 fully saturated rings. The molecule has 0 aliphatic carbocycles. The van der Waals surface area contributed by atoms with E-state index in [0.29, 0.717) is 16.7 Å². The van der Waals surface area contributed by atoms with E-state index in [4.69, 9.17) is 0 Å². The van der Waals surface area contributed by atoms with Crippen molar-refractivity contribution in [3.8, 4) is 0 Å². The average Bonchev–Trinajstić information content (AvgIpc) is 2.22. The van der Waals surface area contributed by atoms with Crippen LogP contribution in [0.15, 0.2) is 22.7 Å². The Hall–Kier alpha value is -0.750. The minimum atomic E-state index is -4.32. The summed E-state index contributed by atoms with van der Waals surface area (Å²) in [5.41, 5.74) is -0.164. The molecule has 2 nitrogen and oxygen atoms in total. The van der Waals surface area contributed by atoms with E-state index in [1.54, 1.807) is 6.07 Å². The van der Waals surface area contributed by atoms with Crippen LogP contribution in [0.2, 0.25) is 0 Å². The molecule has 0 radical (unpaired) electrons. The Morgan fingerprint density at radius 2 is 1.89 bits per heavy atom. The lowest BCUT2D eigenvalue weighted by Crippen LogP contribution is -2.16. The van der Waals surface area contributed by atoms with E-state index in [1.807, 2.05) is 19.0 Å². The van der Waals surface area contributed by atoms with Gasteiger partial charge in [-0.05, 0) is 45.3 Å². The van der Waals surface area contributed by atoms with Crippen LogP contribution in [-0.4, -0.2) is 32.1 Å². The second-order valence-corrected chi connectivity index (χ2v) is 5.23. The van der Waals surface area contributed by atoms with Crippen LogP contribution in [0, 0.1) is 0 Å². The second kappa shape index (κ2) is 6.43. The van der Waals surface area contributed by atoms with Crippen LogP contribution < -0.4 is 5.32 Å². The van der Waals surface area contributed by atoms with Crippen LogP contribution in [0.5, 0.6) is 0 Å². The number of hydrogen-bond donors (Lipinski definition) is 1. The van der Waals surface area contributed by atoms with E-state index in [9.17, 15) is 13.2 Å². The zero-order valence-electron chi connectivity index (χ0n) is 10.3. The van der Waals surface area contributed by atoms with Crippen molar-refractivity contribution in [1.82, 2.24) is 4.90 Å². The first-order chi connectivity index (χ1) is 8.29. The minimum Gasteiger partial charge on any atom is -0.385 e. The Morgan fingerprint density at radius 1 is 1.22 bits per heavy atom. The van der Waals surface area contributed by atoms with Gasteiger partial charge in [-0.2, -0.15) is 13.2 Å². The largest absolute Gasteiger partial charge is 0.416 e. The third-order valence-electron chi connectivity index (χ3n) is 2.34. The van der Waals surface area contributed by atoms with Crippen LogP contribution in [-0.2, 0) is 6.18 Å². The highest BCUT2D eigenvalue weighted by Crippen LogP contribution is 2.33. The number of halogens is 4. The molecule has 0 amide bonds. The lowest BCUT2D eigenvalue weighted by atomic mass is 10.2. The van der Waals surface area contributed by atoms with E-state index < -0.39 is 11.7 Å². The van der Waals surface area contributed by atoms with E-state index in [1.165, 1.54) is 0 Å². The Labute approximate surface area is 113 Å². The van der Waals surface area contributed by atoms with Crippen molar-refractivity contribution in [2.24, 2.45) is 0 Å². The molecule has 0 heterocycles. The van der Waals surface area contributed by atoms with Gasteiger partial charge >= 0.3 is 6.18 Å². The van der Waals surface area contributed by atoms with Gasteiger partial charge in [0.05, 0.1) is 5.56 Å². The van der Waals surface area contributed by atoms with E-state index >= 15 is 0 Å². The zero-order chi connectivity index (χ0) is 13.8. The predicted octanol–water partition coefficient (Wildman–Crippen LogP) is 3.83. The minimum absolute atomic E-state index is 0.424. The van der Waals surface area contributed by atoms with E-state index in [0.717, 1.165) is 25.1 Å². The van der Waals surface area contributed by atoms with Gasteiger partial charge in [-0.1, -0.05) is 15.9 Å². The summed E-state index contributed by atoms with van der Waals surface area (Å²) >= 11 is 3.09. The predicted molar refractivity (Wildman–Crippen MR) is 70.8 cm³/mol. The van der Waals surface area contributed by atoms with Crippen molar-refractivity contribution < 1.29 is 13.2 Å². The summed E-state index contributed by atoms with van der Waals surface area (Å²) in [4.78, 5) is 2.03. The van der Waals surface area contributed by atoms with Crippen molar-refractivity contribution >= 4 is 21.6 Å². The SMILES string of the molecule is CN(C)CCCNc1cc(Br)cc(C(F)(F)F)c1. The van der Waals surface area contributed by atoms with E-state index in [2.05, 4.69) is 21.2 Å². The first kappa shape index (κ1) is 15.3. The summed E-state index contributed by atoms with van der Waals surface area (Å²) < 4.78 is 38.2. The summed E-state index contributed by atoms with van der Waals surface area (Å²) in [5.74, 6) is 0. The van der Waals surface area contributed by atoms with Crippen LogP contribution in [0.3, 0.4) is 0 Å². The second-order valence-electron chi connectivity index (χ2n) is 4.31. The van der Waals surface area contributed by atoms with Crippen molar-refractivity contribution in [2.45, 2.75) is 12.6 Å². The van der Waals surface area contributed by atoms with Gasteiger partial charge in [0.1, 0.15) is 0 Å². The summed E-state index contributed by atoms with van der Waals surface area (Å²) in [5, 5.41) is 3.00. The van der Waals surface area contributed by atoms with Gasteiger partial charge in [0.25, 0.3) is 0 Å². The first-order valence-electron chi connectivity index (χ1n) is 5.55. The smallest absolute Gasteiger partial charge is 0.385 e. The molecule has 0 aromatic heterocycles. The quantitative estimate of drug-likeness (QED) is 0.828. The molecular formula is C12H16BrF3N2. The van der Waals surface area contributed by atoms with Crippen molar-refractivity contribution in [3.63, 3.8) is 0 Å². The summed E-state index contributed by atoms with van der Waals surface area (Å²) in [6, 6.07) is 3.84. The molecule has 1 rings (SSSR count). The van der Waals surface area contributed by atoms with Gasteiger partial charge < -0.3 is 10.2 Å². The van der Waals surface area contributed by atoms with E-state index in [-0.39, 0.29) is 0 Å². The molecule has 0 bridgehead atoms. The van der Waals surface area contributed by atoms with Crippen molar-refractivity contribution in [2.75, 3.05) is 32.5 Å². The third kappa shape index (κ3) is 5.27. The number of nitrogens with one attached hydrogen (secondary N) is 1. The van der Waals surface area contributed by atoms with Crippen LogP contribution in [0.4, 0.5) is 18.9 Å². The monoisotopic (exact) mass is 324 g/mol. The highest BCUT2D eigenvalue weighted by atomic mass is 79.9. The maximum absolute atomic E-state index is 12.6. The zero-order valence-corrected chi connectivity index (χ0v) is 11.9. The normalized spacial score (nSPS) is 11.9. The number of rotatable bonds is 5. The Balaban J connectivity index is 2.63. The molecule has 0 atom stereocenters. The molecule has 0 aliphatic rings. The number of benzene rings is 1. The first-order valence-corrected chi connectivity index (χ1v) is 6.35. The lowest BCUT2D eigenvalue weighted by molar-refractivity contribution is -0.137. The highest BCUT2D eigenvalue weighted by molar-refractivity contribution is 9.10. The molecule has 0 saturated carbocycles. The fourth-order valence-electron chi connectivity index (χ4n) is 1.48. The summed E-state index contributed by atoms with van der Waals surface area (Å²) in [6.45, 7) is 1.54. The lowest BCUT2D eigenvalue weighted by Gasteiger charge is -2.13. The molecule has 0 spiro atoms. The van der Waals surface area contributed by atoms with Gasteiger partial charge in [0.15, 0.2) is 0 Å². The molecule has 0 unspecified atom stereocenters. The maximum Gasteiger partial charge on any atom is 0.416 e. The van der Waals surface area contributed by atoms with Crippen LogP contribution in [0.1, 0.15) is 12.0 Å². The molecule has 1 aromatic carbocycles. The number of nitrogens with zero attached hydrogens (tertiary/aromatic N) is 1. The molecule has 1 N–H and O–H groups in total. The number of alkyl halides is 3. The molecular weight excluding hydrogens is 309 g/mol. The Morgan fingerprint density at radius 3 is 2.44 bits per heavy atom. The third-order valence-corrected chi connectivity index (χ3v) is 2.79. The Bertz CT molecular complexity index is 391. The molecule has 0 aliphatic heterocycles. The standard InChI is InChI=1S/C12H16BrF3N2/c1-18(2)5-3-4-17-11-7-9(12(14,15)16)6-10(13)8-11/h6-8,17H,3-5H2,1-2H3. The summed E-state index contributed by atoms with van der Waals surface area (Å²) in [6.07, 6.45) is -3.44. The molecule has 102 valence electrons. The molecule has 6 heteroatoms. The number of hydrogen-bond acceptors (Lipinski definition) is 2. The molecule has 18 heavy (non-hydrogen) atoms. The van der Waals surface area contributed by atoms with Gasteiger partial charge in [-0.3, -0.25) is 0 Å².